The zero-order valence-corrected chi connectivity index (χ0v) is 20.8. The summed E-state index contributed by atoms with van der Waals surface area (Å²) >= 11 is 0. The molecule has 35 heavy (non-hydrogen) atoms. The van der Waals surface area contributed by atoms with Crippen LogP contribution in [0, 0.1) is 13.8 Å². The zero-order valence-electron chi connectivity index (χ0n) is 20.8. The molecule has 6 heterocycles. The highest BCUT2D eigenvalue weighted by molar-refractivity contribution is 5.70. The molecule has 1 saturated heterocycles. The van der Waals surface area contributed by atoms with E-state index in [1.165, 1.54) is 22.3 Å². The molecule has 0 bridgehead atoms. The van der Waals surface area contributed by atoms with Crippen molar-refractivity contribution in [1.82, 2.24) is 29.7 Å². The SMILES string of the molecule is CCc1nc(N2CCN(c3ncc4c(n3)CNCC4)CC2)ccc1-c1cc(C)c2nc(C)cn2c1. The molecule has 1 N–H and O–H groups in total. The highest BCUT2D eigenvalue weighted by Crippen LogP contribution is 2.28. The second kappa shape index (κ2) is 8.92. The van der Waals surface area contributed by atoms with Crippen molar-refractivity contribution in [3.8, 4) is 11.1 Å². The summed E-state index contributed by atoms with van der Waals surface area (Å²) in [4.78, 5) is 23.9. The van der Waals surface area contributed by atoms with E-state index in [-0.39, 0.29) is 0 Å². The van der Waals surface area contributed by atoms with Gasteiger partial charge in [-0.05, 0) is 62.6 Å². The van der Waals surface area contributed by atoms with Gasteiger partial charge in [0.1, 0.15) is 11.5 Å². The van der Waals surface area contributed by atoms with E-state index >= 15 is 0 Å². The fourth-order valence-corrected chi connectivity index (χ4v) is 5.25. The van der Waals surface area contributed by atoms with E-state index in [9.17, 15) is 0 Å². The Bertz CT molecular complexity index is 1380. The maximum Gasteiger partial charge on any atom is 0.225 e. The van der Waals surface area contributed by atoms with E-state index in [2.05, 4.69) is 73.9 Å². The van der Waals surface area contributed by atoms with Gasteiger partial charge in [-0.15, -0.1) is 0 Å². The quantitative estimate of drug-likeness (QED) is 0.492. The Morgan fingerprint density at radius 2 is 1.80 bits per heavy atom. The number of aryl methyl sites for hydroxylation is 3. The Morgan fingerprint density at radius 3 is 2.63 bits per heavy atom. The molecule has 1 fully saturated rings. The third-order valence-corrected chi connectivity index (χ3v) is 7.15. The van der Waals surface area contributed by atoms with Crippen LogP contribution in [-0.2, 0) is 19.4 Å². The molecule has 0 aliphatic carbocycles. The van der Waals surface area contributed by atoms with Gasteiger partial charge in [-0.25, -0.2) is 19.9 Å². The summed E-state index contributed by atoms with van der Waals surface area (Å²) < 4.78 is 2.13. The molecule has 0 aromatic carbocycles. The van der Waals surface area contributed by atoms with Crippen LogP contribution in [0.3, 0.4) is 0 Å². The predicted molar refractivity (Wildman–Crippen MR) is 139 cm³/mol. The normalized spacial score (nSPS) is 16.1. The Kier molecular flexibility index (Phi) is 5.60. The average molecular weight is 469 g/mol. The Morgan fingerprint density at radius 1 is 0.971 bits per heavy atom. The number of hydrogen-bond acceptors (Lipinski definition) is 7. The van der Waals surface area contributed by atoms with Crippen molar-refractivity contribution in [2.24, 2.45) is 0 Å². The van der Waals surface area contributed by atoms with Gasteiger partial charge in [0, 0.05) is 62.4 Å². The summed E-state index contributed by atoms with van der Waals surface area (Å²) in [6.45, 7) is 11.8. The molecule has 8 heteroatoms. The monoisotopic (exact) mass is 468 g/mol. The van der Waals surface area contributed by atoms with Crippen molar-refractivity contribution < 1.29 is 0 Å². The molecule has 2 aliphatic rings. The minimum Gasteiger partial charge on any atom is -0.353 e. The largest absolute Gasteiger partial charge is 0.353 e. The van der Waals surface area contributed by atoms with Crippen molar-refractivity contribution in [2.75, 3.05) is 42.5 Å². The van der Waals surface area contributed by atoms with Crippen molar-refractivity contribution >= 4 is 17.4 Å². The fourth-order valence-electron chi connectivity index (χ4n) is 5.25. The van der Waals surface area contributed by atoms with Gasteiger partial charge in [-0.2, -0.15) is 0 Å². The van der Waals surface area contributed by atoms with Crippen LogP contribution >= 0.6 is 0 Å². The lowest BCUT2D eigenvalue weighted by Crippen LogP contribution is -2.47. The van der Waals surface area contributed by atoms with Crippen LogP contribution in [0.5, 0.6) is 0 Å². The van der Waals surface area contributed by atoms with E-state index in [0.717, 1.165) is 86.6 Å². The first-order valence-corrected chi connectivity index (χ1v) is 12.6. The molecule has 0 unspecified atom stereocenters. The zero-order chi connectivity index (χ0) is 23.9. The molecule has 6 rings (SSSR count). The van der Waals surface area contributed by atoms with E-state index in [4.69, 9.17) is 9.97 Å². The van der Waals surface area contributed by atoms with Gasteiger partial charge >= 0.3 is 0 Å². The molecule has 0 spiro atoms. The Hall–Kier alpha value is -3.52. The van der Waals surface area contributed by atoms with Crippen LogP contribution in [0.4, 0.5) is 11.8 Å². The van der Waals surface area contributed by atoms with E-state index < -0.39 is 0 Å². The lowest BCUT2D eigenvalue weighted by molar-refractivity contribution is 0.605. The van der Waals surface area contributed by atoms with Gasteiger partial charge in [0.2, 0.25) is 5.95 Å². The van der Waals surface area contributed by atoms with Crippen LogP contribution in [0.15, 0.2) is 36.8 Å². The summed E-state index contributed by atoms with van der Waals surface area (Å²) in [7, 11) is 0. The minimum absolute atomic E-state index is 0.841. The lowest BCUT2D eigenvalue weighted by Gasteiger charge is -2.36. The second-order valence-corrected chi connectivity index (χ2v) is 9.59. The van der Waals surface area contributed by atoms with Crippen molar-refractivity contribution in [3.63, 3.8) is 0 Å². The Balaban J connectivity index is 1.21. The number of fused-ring (bicyclic) bond motifs is 2. The van der Waals surface area contributed by atoms with Crippen LogP contribution < -0.4 is 15.1 Å². The van der Waals surface area contributed by atoms with Gasteiger partial charge in [0.05, 0.1) is 17.1 Å². The number of piperazine rings is 1. The van der Waals surface area contributed by atoms with Crippen LogP contribution in [0.1, 0.15) is 35.1 Å². The first-order valence-electron chi connectivity index (χ1n) is 12.6. The second-order valence-electron chi connectivity index (χ2n) is 9.59. The van der Waals surface area contributed by atoms with E-state index in [1.807, 2.05) is 13.1 Å². The number of rotatable bonds is 4. The van der Waals surface area contributed by atoms with Gasteiger partial charge in [0.15, 0.2) is 0 Å². The van der Waals surface area contributed by atoms with Gasteiger partial charge in [-0.3, -0.25) is 0 Å². The molecule has 180 valence electrons. The number of nitrogens with one attached hydrogen (secondary N) is 1. The Labute approximate surface area is 206 Å². The smallest absolute Gasteiger partial charge is 0.225 e. The standard InChI is InChI=1S/C27H32N8/c1-4-23-22(21-13-18(2)26-30-19(3)16-35(26)17-21)5-6-25(31-23)33-9-11-34(12-10-33)27-29-14-20-7-8-28-15-24(20)32-27/h5-6,13-14,16-17,28H,4,7-12,15H2,1-3H3. The first-order chi connectivity index (χ1) is 17.1. The number of pyridine rings is 2. The summed E-state index contributed by atoms with van der Waals surface area (Å²) in [6, 6.07) is 6.63. The van der Waals surface area contributed by atoms with Crippen molar-refractivity contribution in [1.29, 1.82) is 0 Å². The average Bonchev–Trinajstić information content (AvgIpc) is 3.29. The molecule has 4 aromatic rings. The number of aromatic nitrogens is 5. The molecule has 2 aliphatic heterocycles. The van der Waals surface area contributed by atoms with Crippen LogP contribution in [0.2, 0.25) is 0 Å². The van der Waals surface area contributed by atoms with Gasteiger partial charge in [0.25, 0.3) is 0 Å². The first kappa shape index (κ1) is 22.0. The minimum atomic E-state index is 0.841. The van der Waals surface area contributed by atoms with Gasteiger partial charge in [-0.1, -0.05) is 6.92 Å². The summed E-state index contributed by atoms with van der Waals surface area (Å²) in [5.74, 6) is 1.90. The topological polar surface area (TPSA) is 74.5 Å². The van der Waals surface area contributed by atoms with Gasteiger partial charge < -0.3 is 19.5 Å². The van der Waals surface area contributed by atoms with Crippen LogP contribution in [0.25, 0.3) is 16.8 Å². The van der Waals surface area contributed by atoms with Crippen molar-refractivity contribution in [2.45, 2.75) is 40.2 Å². The highest BCUT2D eigenvalue weighted by atomic mass is 15.3. The van der Waals surface area contributed by atoms with E-state index in [1.54, 1.807) is 0 Å². The molecule has 0 saturated carbocycles. The molecule has 8 nitrogen and oxygen atoms in total. The summed E-state index contributed by atoms with van der Waals surface area (Å²) in [5, 5.41) is 3.41. The molecule has 0 amide bonds. The molecule has 0 atom stereocenters. The maximum atomic E-state index is 5.10. The lowest BCUT2D eigenvalue weighted by atomic mass is 10.0. The maximum absolute atomic E-state index is 5.10. The van der Waals surface area contributed by atoms with Crippen molar-refractivity contribution in [3.05, 3.63) is 65.0 Å². The molecule has 4 aromatic heterocycles. The number of imidazole rings is 1. The molecular weight excluding hydrogens is 436 g/mol. The van der Waals surface area contributed by atoms with E-state index in [0.29, 0.717) is 0 Å². The number of hydrogen-bond donors (Lipinski definition) is 1. The third kappa shape index (κ3) is 4.12. The summed E-state index contributed by atoms with van der Waals surface area (Å²) in [5.41, 5.74) is 9.17. The third-order valence-electron chi connectivity index (χ3n) is 7.15. The highest BCUT2D eigenvalue weighted by Gasteiger charge is 2.22. The van der Waals surface area contributed by atoms with Crippen LogP contribution in [-0.4, -0.2) is 57.1 Å². The number of anilines is 2. The molecular formula is C27H32N8. The number of nitrogens with zero attached hydrogens (tertiary/aromatic N) is 7. The fraction of sp³-hybridized carbons (Fsp3) is 0.407. The summed E-state index contributed by atoms with van der Waals surface area (Å²) in [6.07, 6.45) is 8.18. The molecule has 0 radical (unpaired) electrons. The predicted octanol–water partition coefficient (Wildman–Crippen LogP) is 3.34.